The van der Waals surface area contributed by atoms with Crippen molar-refractivity contribution in [2.24, 2.45) is 0 Å². The molecule has 0 fully saturated rings. The molecule has 1 heterocycles. The average molecular weight is 258 g/mol. The van der Waals surface area contributed by atoms with Gasteiger partial charge in [0.15, 0.2) is 5.69 Å². The van der Waals surface area contributed by atoms with Crippen molar-refractivity contribution in [1.29, 1.82) is 0 Å². The molecule has 0 aliphatic heterocycles. The normalized spacial score (nSPS) is 10.5. The van der Waals surface area contributed by atoms with Gasteiger partial charge in [-0.25, -0.2) is 0 Å². The molecular formula is C14H18N4O. The Hall–Kier alpha value is -2.30. The maximum absolute atomic E-state index is 12.2. The lowest BCUT2D eigenvalue weighted by molar-refractivity contribution is 0.102. The molecule has 5 heteroatoms. The van der Waals surface area contributed by atoms with Crippen LogP contribution < -0.4 is 11.1 Å². The minimum atomic E-state index is -0.276. The average Bonchev–Trinajstić information content (AvgIpc) is 2.75. The van der Waals surface area contributed by atoms with Gasteiger partial charge in [0.1, 0.15) is 0 Å². The summed E-state index contributed by atoms with van der Waals surface area (Å²) in [6.45, 7) is 6.54. The zero-order chi connectivity index (χ0) is 14.0. The van der Waals surface area contributed by atoms with Crippen molar-refractivity contribution in [3.63, 3.8) is 0 Å². The zero-order valence-electron chi connectivity index (χ0n) is 11.4. The van der Waals surface area contributed by atoms with Crippen LogP contribution in [-0.4, -0.2) is 15.7 Å². The molecule has 0 unspecified atom stereocenters. The van der Waals surface area contributed by atoms with Gasteiger partial charge < -0.3 is 11.1 Å². The highest BCUT2D eigenvalue weighted by Gasteiger charge is 2.16. The third kappa shape index (κ3) is 2.59. The lowest BCUT2D eigenvalue weighted by atomic mass is 10.1. The van der Waals surface area contributed by atoms with Crippen LogP contribution in [0.1, 0.15) is 28.5 Å². The zero-order valence-corrected chi connectivity index (χ0v) is 11.4. The Kier molecular flexibility index (Phi) is 3.55. The molecular weight excluding hydrogens is 240 g/mol. The number of aromatic nitrogens is 2. The van der Waals surface area contributed by atoms with Gasteiger partial charge >= 0.3 is 0 Å². The van der Waals surface area contributed by atoms with Crippen molar-refractivity contribution >= 4 is 17.3 Å². The Morgan fingerprint density at radius 2 is 2.00 bits per heavy atom. The number of rotatable bonds is 3. The molecule has 0 spiro atoms. The summed E-state index contributed by atoms with van der Waals surface area (Å²) in [7, 11) is 0. The van der Waals surface area contributed by atoms with E-state index in [1.807, 2.05) is 39.0 Å². The van der Waals surface area contributed by atoms with Gasteiger partial charge in [0.05, 0.1) is 5.69 Å². The second kappa shape index (κ2) is 5.14. The number of nitrogens with two attached hydrogens (primary N) is 1. The van der Waals surface area contributed by atoms with E-state index in [4.69, 9.17) is 5.73 Å². The molecule has 3 N–H and O–H groups in total. The number of hydrogen-bond acceptors (Lipinski definition) is 3. The number of amides is 1. The summed E-state index contributed by atoms with van der Waals surface area (Å²) in [6, 6.07) is 5.87. The van der Waals surface area contributed by atoms with E-state index in [-0.39, 0.29) is 11.6 Å². The number of benzene rings is 1. The summed E-state index contributed by atoms with van der Waals surface area (Å²) >= 11 is 0. The number of carbonyl (C=O) groups is 1. The van der Waals surface area contributed by atoms with Crippen molar-refractivity contribution in [2.75, 3.05) is 11.1 Å². The molecule has 2 aromatic rings. The standard InChI is InChI=1S/C14H18N4O/c1-4-18-8-11(15)13(17-18)14(19)16-12-9(2)6-5-7-10(12)3/h5-8H,4,15H2,1-3H3,(H,16,19). The number of hydrogen-bond donors (Lipinski definition) is 2. The summed E-state index contributed by atoms with van der Waals surface area (Å²) < 4.78 is 1.65. The van der Waals surface area contributed by atoms with E-state index in [1.165, 1.54) is 0 Å². The third-order valence-corrected chi connectivity index (χ3v) is 3.05. The van der Waals surface area contributed by atoms with Crippen molar-refractivity contribution in [1.82, 2.24) is 9.78 Å². The summed E-state index contributed by atoms with van der Waals surface area (Å²) in [5.41, 5.74) is 9.31. The molecule has 0 radical (unpaired) electrons. The van der Waals surface area contributed by atoms with Crippen molar-refractivity contribution in [3.8, 4) is 0 Å². The van der Waals surface area contributed by atoms with E-state index in [0.717, 1.165) is 16.8 Å². The molecule has 0 saturated carbocycles. The highest BCUT2D eigenvalue weighted by atomic mass is 16.2. The SMILES string of the molecule is CCn1cc(N)c(C(=O)Nc2c(C)cccc2C)n1. The topological polar surface area (TPSA) is 72.9 Å². The van der Waals surface area contributed by atoms with E-state index >= 15 is 0 Å². The predicted octanol–water partition coefficient (Wildman–Crippen LogP) is 2.35. The number of nitrogens with zero attached hydrogens (tertiary/aromatic N) is 2. The van der Waals surface area contributed by atoms with Gasteiger partial charge in [0, 0.05) is 18.4 Å². The van der Waals surface area contributed by atoms with Gasteiger partial charge in [-0.3, -0.25) is 9.48 Å². The fraction of sp³-hybridized carbons (Fsp3) is 0.286. The maximum atomic E-state index is 12.2. The van der Waals surface area contributed by atoms with Crippen molar-refractivity contribution < 1.29 is 4.79 Å². The van der Waals surface area contributed by atoms with Gasteiger partial charge in [0.2, 0.25) is 0 Å². The Morgan fingerprint density at radius 3 is 2.53 bits per heavy atom. The second-order valence-electron chi connectivity index (χ2n) is 4.51. The van der Waals surface area contributed by atoms with Crippen molar-refractivity contribution in [3.05, 3.63) is 41.2 Å². The van der Waals surface area contributed by atoms with Gasteiger partial charge in [-0.2, -0.15) is 5.10 Å². The molecule has 1 aromatic heterocycles. The van der Waals surface area contributed by atoms with Crippen LogP contribution in [-0.2, 0) is 6.54 Å². The number of anilines is 2. The van der Waals surface area contributed by atoms with Crippen LogP contribution in [0.3, 0.4) is 0 Å². The van der Waals surface area contributed by atoms with E-state index in [0.29, 0.717) is 12.2 Å². The molecule has 0 aliphatic rings. The lowest BCUT2D eigenvalue weighted by Gasteiger charge is -2.10. The highest BCUT2D eigenvalue weighted by molar-refractivity contribution is 6.06. The summed E-state index contributed by atoms with van der Waals surface area (Å²) in [4.78, 5) is 12.2. The summed E-state index contributed by atoms with van der Waals surface area (Å²) in [5.74, 6) is -0.276. The van der Waals surface area contributed by atoms with E-state index < -0.39 is 0 Å². The Balaban J connectivity index is 2.28. The van der Waals surface area contributed by atoms with E-state index in [2.05, 4.69) is 10.4 Å². The first-order valence-corrected chi connectivity index (χ1v) is 6.23. The smallest absolute Gasteiger partial charge is 0.278 e. The maximum Gasteiger partial charge on any atom is 0.278 e. The molecule has 5 nitrogen and oxygen atoms in total. The number of nitrogen functional groups attached to an aromatic ring is 1. The van der Waals surface area contributed by atoms with E-state index in [9.17, 15) is 4.79 Å². The molecule has 19 heavy (non-hydrogen) atoms. The van der Waals surface area contributed by atoms with Crippen LogP contribution in [0.2, 0.25) is 0 Å². The van der Waals surface area contributed by atoms with Crippen LogP contribution >= 0.6 is 0 Å². The van der Waals surface area contributed by atoms with Gasteiger partial charge in [-0.15, -0.1) is 0 Å². The first kappa shape index (κ1) is 13.1. The van der Waals surface area contributed by atoms with Crippen LogP contribution in [0.25, 0.3) is 0 Å². The van der Waals surface area contributed by atoms with Crippen LogP contribution in [0.4, 0.5) is 11.4 Å². The molecule has 2 rings (SSSR count). The molecule has 0 atom stereocenters. The third-order valence-electron chi connectivity index (χ3n) is 3.05. The van der Waals surface area contributed by atoms with Crippen LogP contribution in [0, 0.1) is 13.8 Å². The first-order chi connectivity index (χ1) is 9.02. The highest BCUT2D eigenvalue weighted by Crippen LogP contribution is 2.21. The molecule has 1 aromatic carbocycles. The van der Waals surface area contributed by atoms with Crippen LogP contribution in [0.5, 0.6) is 0 Å². The monoisotopic (exact) mass is 258 g/mol. The molecule has 0 aliphatic carbocycles. The van der Waals surface area contributed by atoms with Gasteiger partial charge in [-0.1, -0.05) is 18.2 Å². The number of nitrogens with one attached hydrogen (secondary N) is 1. The molecule has 1 amide bonds. The summed E-state index contributed by atoms with van der Waals surface area (Å²) in [5, 5.41) is 7.04. The first-order valence-electron chi connectivity index (χ1n) is 6.23. The number of aryl methyl sites for hydroxylation is 3. The Labute approximate surface area is 112 Å². The fourth-order valence-electron chi connectivity index (χ4n) is 1.96. The fourth-order valence-corrected chi connectivity index (χ4v) is 1.96. The molecule has 0 bridgehead atoms. The number of para-hydroxylation sites is 1. The minimum absolute atomic E-state index is 0.268. The number of carbonyl (C=O) groups excluding carboxylic acids is 1. The van der Waals surface area contributed by atoms with Crippen LogP contribution in [0.15, 0.2) is 24.4 Å². The second-order valence-corrected chi connectivity index (χ2v) is 4.51. The Bertz CT molecular complexity index is 596. The summed E-state index contributed by atoms with van der Waals surface area (Å²) in [6.07, 6.45) is 1.67. The molecule has 100 valence electrons. The Morgan fingerprint density at radius 1 is 1.37 bits per heavy atom. The minimum Gasteiger partial charge on any atom is -0.396 e. The van der Waals surface area contributed by atoms with Gasteiger partial charge in [-0.05, 0) is 31.9 Å². The predicted molar refractivity (Wildman–Crippen MR) is 76.2 cm³/mol. The van der Waals surface area contributed by atoms with Crippen molar-refractivity contribution in [2.45, 2.75) is 27.3 Å². The lowest BCUT2D eigenvalue weighted by Crippen LogP contribution is -2.16. The van der Waals surface area contributed by atoms with Gasteiger partial charge in [0.25, 0.3) is 5.91 Å². The van der Waals surface area contributed by atoms with E-state index in [1.54, 1.807) is 10.9 Å². The quantitative estimate of drug-likeness (QED) is 0.887. The largest absolute Gasteiger partial charge is 0.396 e. The molecule has 0 saturated heterocycles.